The van der Waals surface area contributed by atoms with E-state index in [2.05, 4.69) is 20.4 Å². The summed E-state index contributed by atoms with van der Waals surface area (Å²) in [5.74, 6) is -0.830. The van der Waals surface area contributed by atoms with E-state index in [4.69, 9.17) is 4.42 Å². The number of fused-ring (bicyclic) bond motifs is 1. The van der Waals surface area contributed by atoms with Crippen molar-refractivity contribution in [2.75, 3.05) is 5.32 Å². The molecule has 0 spiro atoms. The van der Waals surface area contributed by atoms with Crippen molar-refractivity contribution >= 4 is 22.5 Å². The van der Waals surface area contributed by atoms with Crippen molar-refractivity contribution in [2.24, 2.45) is 0 Å². The SMILES string of the molecule is CC(C)(O)c1cc2nn([C@H]3CC[C@@H](O)CC3)cc2cc1NC(=O)c1coc(-c2ccnc(C(F)(F)F)c2)n1. The van der Waals surface area contributed by atoms with Gasteiger partial charge in [0.15, 0.2) is 5.69 Å². The Morgan fingerprint density at radius 3 is 2.58 bits per heavy atom. The molecule has 0 aliphatic heterocycles. The number of rotatable bonds is 5. The van der Waals surface area contributed by atoms with Crippen LogP contribution in [-0.2, 0) is 11.8 Å². The standard InChI is InChI=1S/C26H26F3N5O4/c1-25(2,37)18-11-19-15(12-34(33-19)16-3-5-17(35)6-4-16)9-20(18)31-23(36)21-13-38-24(32-21)14-7-8-30-22(10-14)26(27,28)29/h7-13,16-17,35,37H,3-6H2,1-2H3,(H,31,36)/t16-,17+. The Balaban J connectivity index is 1.42. The van der Waals surface area contributed by atoms with Gasteiger partial charge in [-0.25, -0.2) is 4.98 Å². The summed E-state index contributed by atoms with van der Waals surface area (Å²) in [5.41, 5.74) is -1.15. The van der Waals surface area contributed by atoms with E-state index < -0.39 is 23.4 Å². The zero-order valence-corrected chi connectivity index (χ0v) is 20.7. The molecule has 1 saturated carbocycles. The van der Waals surface area contributed by atoms with E-state index >= 15 is 0 Å². The van der Waals surface area contributed by atoms with Crippen molar-refractivity contribution in [2.45, 2.75) is 63.5 Å². The average Bonchev–Trinajstić information content (AvgIpc) is 3.50. The fourth-order valence-electron chi connectivity index (χ4n) is 4.63. The summed E-state index contributed by atoms with van der Waals surface area (Å²) in [6, 6.07) is 5.66. The van der Waals surface area contributed by atoms with E-state index in [-0.39, 0.29) is 29.3 Å². The normalized spacial score (nSPS) is 18.6. The Hall–Kier alpha value is -3.77. The summed E-state index contributed by atoms with van der Waals surface area (Å²) < 4.78 is 46.2. The minimum atomic E-state index is -4.64. The Morgan fingerprint density at radius 1 is 1.16 bits per heavy atom. The summed E-state index contributed by atoms with van der Waals surface area (Å²) in [7, 11) is 0. The minimum absolute atomic E-state index is 0.0209. The summed E-state index contributed by atoms with van der Waals surface area (Å²) in [6.45, 7) is 3.17. The van der Waals surface area contributed by atoms with Crippen molar-refractivity contribution in [1.82, 2.24) is 19.7 Å². The molecule has 1 aliphatic carbocycles. The third kappa shape index (κ3) is 5.27. The fraction of sp³-hybridized carbons (Fsp3) is 0.385. The lowest BCUT2D eigenvalue weighted by atomic mass is 9.93. The minimum Gasteiger partial charge on any atom is -0.444 e. The number of aliphatic hydroxyl groups excluding tert-OH is 1. The number of benzene rings is 1. The smallest absolute Gasteiger partial charge is 0.433 e. The maximum absolute atomic E-state index is 13.0. The highest BCUT2D eigenvalue weighted by Gasteiger charge is 2.33. The molecule has 3 N–H and O–H groups in total. The van der Waals surface area contributed by atoms with E-state index in [0.717, 1.165) is 36.8 Å². The number of anilines is 1. The van der Waals surface area contributed by atoms with Crippen LogP contribution in [0.2, 0.25) is 0 Å². The molecular formula is C26H26F3N5O4. The number of hydrogen-bond donors (Lipinski definition) is 3. The lowest BCUT2D eigenvalue weighted by Crippen LogP contribution is -2.21. The predicted octanol–water partition coefficient (Wildman–Crippen LogP) is 5.06. The Labute approximate surface area is 215 Å². The number of pyridine rings is 1. The maximum atomic E-state index is 13.0. The van der Waals surface area contributed by atoms with Crippen LogP contribution in [0.5, 0.6) is 0 Å². The van der Waals surface area contributed by atoms with Crippen molar-refractivity contribution in [1.29, 1.82) is 0 Å². The highest BCUT2D eigenvalue weighted by molar-refractivity contribution is 6.04. The van der Waals surface area contributed by atoms with Gasteiger partial charge in [-0.05, 0) is 63.8 Å². The first-order valence-electron chi connectivity index (χ1n) is 12.1. The van der Waals surface area contributed by atoms with Crippen LogP contribution in [0.25, 0.3) is 22.4 Å². The molecule has 200 valence electrons. The number of nitrogens with zero attached hydrogens (tertiary/aromatic N) is 4. The van der Waals surface area contributed by atoms with Gasteiger partial charge in [0.1, 0.15) is 12.0 Å². The van der Waals surface area contributed by atoms with Gasteiger partial charge in [-0.2, -0.15) is 18.3 Å². The second-order valence-corrected chi connectivity index (χ2v) is 10.0. The molecule has 12 heteroatoms. The molecule has 3 heterocycles. The zero-order chi connectivity index (χ0) is 27.2. The van der Waals surface area contributed by atoms with Crippen LogP contribution in [0.1, 0.15) is 67.3 Å². The van der Waals surface area contributed by atoms with Gasteiger partial charge in [0.2, 0.25) is 5.89 Å². The number of alkyl halides is 3. The third-order valence-corrected chi connectivity index (χ3v) is 6.64. The Bertz CT molecular complexity index is 1480. The van der Waals surface area contributed by atoms with Crippen LogP contribution in [0.4, 0.5) is 18.9 Å². The highest BCUT2D eigenvalue weighted by atomic mass is 19.4. The molecule has 38 heavy (non-hydrogen) atoms. The Kier molecular flexibility index (Phi) is 6.48. The second kappa shape index (κ2) is 9.52. The molecule has 0 atom stereocenters. The maximum Gasteiger partial charge on any atom is 0.433 e. The molecule has 3 aromatic heterocycles. The molecule has 1 fully saturated rings. The van der Waals surface area contributed by atoms with Gasteiger partial charge in [0.05, 0.1) is 23.3 Å². The monoisotopic (exact) mass is 529 g/mol. The van der Waals surface area contributed by atoms with E-state index in [1.807, 2.05) is 10.9 Å². The van der Waals surface area contributed by atoms with Crippen LogP contribution in [0, 0.1) is 0 Å². The van der Waals surface area contributed by atoms with Crippen LogP contribution in [0.3, 0.4) is 0 Å². The van der Waals surface area contributed by atoms with Crippen molar-refractivity contribution in [3.63, 3.8) is 0 Å². The van der Waals surface area contributed by atoms with E-state index in [0.29, 0.717) is 29.6 Å². The molecule has 0 radical (unpaired) electrons. The number of nitrogens with one attached hydrogen (secondary N) is 1. The summed E-state index contributed by atoms with van der Waals surface area (Å²) in [4.78, 5) is 20.4. The lowest BCUT2D eigenvalue weighted by Gasteiger charge is -2.25. The number of carbonyl (C=O) groups excluding carboxylic acids is 1. The third-order valence-electron chi connectivity index (χ3n) is 6.64. The number of aliphatic hydroxyl groups is 2. The summed E-state index contributed by atoms with van der Waals surface area (Å²) >= 11 is 0. The molecular weight excluding hydrogens is 503 g/mol. The van der Waals surface area contributed by atoms with Crippen LogP contribution in [0.15, 0.2) is 47.3 Å². The largest absolute Gasteiger partial charge is 0.444 e. The van der Waals surface area contributed by atoms with Gasteiger partial charge in [-0.15, -0.1) is 0 Å². The van der Waals surface area contributed by atoms with Gasteiger partial charge >= 0.3 is 6.18 Å². The van der Waals surface area contributed by atoms with E-state index in [1.54, 1.807) is 26.0 Å². The molecule has 5 rings (SSSR count). The first kappa shape index (κ1) is 25.9. The molecule has 1 aliphatic rings. The molecule has 0 unspecified atom stereocenters. The van der Waals surface area contributed by atoms with Gasteiger partial charge in [-0.3, -0.25) is 14.5 Å². The van der Waals surface area contributed by atoms with Crippen molar-refractivity contribution < 1.29 is 32.6 Å². The van der Waals surface area contributed by atoms with Crippen LogP contribution < -0.4 is 5.32 Å². The average molecular weight is 530 g/mol. The first-order valence-corrected chi connectivity index (χ1v) is 12.1. The molecule has 4 aromatic rings. The second-order valence-electron chi connectivity index (χ2n) is 10.0. The summed E-state index contributed by atoms with van der Waals surface area (Å²) in [5, 5.41) is 28.8. The highest BCUT2D eigenvalue weighted by Crippen LogP contribution is 2.35. The Morgan fingerprint density at radius 2 is 1.89 bits per heavy atom. The molecule has 0 bridgehead atoms. The molecule has 9 nitrogen and oxygen atoms in total. The zero-order valence-electron chi connectivity index (χ0n) is 20.7. The van der Waals surface area contributed by atoms with Crippen molar-refractivity contribution in [3.8, 4) is 11.5 Å². The van der Waals surface area contributed by atoms with Crippen molar-refractivity contribution in [3.05, 3.63) is 59.9 Å². The van der Waals surface area contributed by atoms with Gasteiger partial charge in [0.25, 0.3) is 5.91 Å². The number of oxazole rings is 1. The molecule has 1 aromatic carbocycles. The lowest BCUT2D eigenvalue weighted by molar-refractivity contribution is -0.141. The van der Waals surface area contributed by atoms with Crippen LogP contribution in [-0.4, -0.2) is 42.0 Å². The quantitative estimate of drug-likeness (QED) is 0.330. The summed E-state index contributed by atoms with van der Waals surface area (Å²) in [6.07, 6.45) is 1.99. The van der Waals surface area contributed by atoms with E-state index in [1.165, 1.54) is 6.07 Å². The molecule has 0 saturated heterocycles. The predicted molar refractivity (Wildman–Crippen MR) is 131 cm³/mol. The van der Waals surface area contributed by atoms with Gasteiger partial charge < -0.3 is 19.9 Å². The van der Waals surface area contributed by atoms with Gasteiger partial charge in [-0.1, -0.05) is 0 Å². The topological polar surface area (TPSA) is 126 Å². The fourth-order valence-corrected chi connectivity index (χ4v) is 4.63. The number of carbonyl (C=O) groups is 1. The first-order chi connectivity index (χ1) is 17.9. The number of hydrogen-bond acceptors (Lipinski definition) is 7. The van der Waals surface area contributed by atoms with Crippen LogP contribution >= 0.6 is 0 Å². The number of aromatic nitrogens is 4. The van der Waals surface area contributed by atoms with E-state index in [9.17, 15) is 28.2 Å². The van der Waals surface area contributed by atoms with Gasteiger partial charge in [0, 0.05) is 34.6 Å². The number of halogens is 3. The molecule has 1 amide bonds. The number of amides is 1.